The van der Waals surface area contributed by atoms with Crippen LogP contribution >= 0.6 is 0 Å². The van der Waals surface area contributed by atoms with Gasteiger partial charge in [0.2, 0.25) is 5.95 Å². The maximum absolute atomic E-state index is 5.50. The summed E-state index contributed by atoms with van der Waals surface area (Å²) < 4.78 is 18.2. The van der Waals surface area contributed by atoms with Gasteiger partial charge in [-0.1, -0.05) is 0 Å². The number of anilines is 1. The molecule has 3 aromatic rings. The molecular weight excluding hydrogens is 342 g/mol. The maximum Gasteiger partial charge on any atom is 0.203 e. The van der Waals surface area contributed by atoms with Crippen LogP contribution in [-0.2, 0) is 13.6 Å². The first-order valence-corrected chi connectivity index (χ1v) is 8.86. The van der Waals surface area contributed by atoms with E-state index in [0.29, 0.717) is 13.2 Å². The molecule has 0 saturated heterocycles. The van der Waals surface area contributed by atoms with E-state index in [4.69, 9.17) is 14.2 Å². The van der Waals surface area contributed by atoms with Crippen LogP contribution in [0.5, 0.6) is 17.2 Å². The average molecular weight is 367 g/mol. The standard InChI is InChI=1S/C21H25N3O3/c1-5-27-17-9-6-15(7-10-17)19-14-23-21(24(19)2)22-13-16-8-11-18(25-3)12-20(16)26-4/h6-12,14H,5,13H2,1-4H3,(H,22,23). The molecular formula is C21H25N3O3. The zero-order chi connectivity index (χ0) is 19.2. The third kappa shape index (κ3) is 4.16. The van der Waals surface area contributed by atoms with Crippen molar-refractivity contribution in [1.82, 2.24) is 9.55 Å². The van der Waals surface area contributed by atoms with E-state index in [1.54, 1.807) is 14.2 Å². The zero-order valence-electron chi connectivity index (χ0n) is 16.2. The lowest BCUT2D eigenvalue weighted by molar-refractivity contribution is 0.340. The van der Waals surface area contributed by atoms with E-state index in [1.165, 1.54) is 0 Å². The Kier molecular flexibility index (Phi) is 5.86. The van der Waals surface area contributed by atoms with Gasteiger partial charge in [0.05, 0.1) is 32.7 Å². The van der Waals surface area contributed by atoms with Gasteiger partial charge in [0.1, 0.15) is 17.2 Å². The number of imidazole rings is 1. The van der Waals surface area contributed by atoms with Crippen molar-refractivity contribution in [2.45, 2.75) is 13.5 Å². The van der Waals surface area contributed by atoms with Gasteiger partial charge in [-0.05, 0) is 43.3 Å². The zero-order valence-corrected chi connectivity index (χ0v) is 16.2. The van der Waals surface area contributed by atoms with E-state index >= 15 is 0 Å². The van der Waals surface area contributed by atoms with Gasteiger partial charge in [0, 0.05) is 30.8 Å². The summed E-state index contributed by atoms with van der Waals surface area (Å²) in [6, 6.07) is 13.8. The molecule has 0 aliphatic heterocycles. The van der Waals surface area contributed by atoms with E-state index in [0.717, 1.165) is 40.0 Å². The fourth-order valence-electron chi connectivity index (χ4n) is 2.90. The molecule has 6 heteroatoms. The molecule has 0 aliphatic rings. The predicted octanol–water partition coefficient (Wildman–Crippen LogP) is 4.12. The molecule has 6 nitrogen and oxygen atoms in total. The summed E-state index contributed by atoms with van der Waals surface area (Å²) in [5.74, 6) is 3.21. The van der Waals surface area contributed by atoms with Gasteiger partial charge in [0.15, 0.2) is 0 Å². The Balaban J connectivity index is 1.74. The summed E-state index contributed by atoms with van der Waals surface area (Å²) in [5, 5.41) is 3.37. The molecule has 0 radical (unpaired) electrons. The van der Waals surface area contributed by atoms with Crippen LogP contribution in [0, 0.1) is 0 Å². The highest BCUT2D eigenvalue weighted by Gasteiger charge is 2.10. The first-order chi connectivity index (χ1) is 13.2. The Morgan fingerprint density at radius 1 is 1.00 bits per heavy atom. The molecule has 2 aromatic carbocycles. The van der Waals surface area contributed by atoms with Gasteiger partial charge in [-0.25, -0.2) is 4.98 Å². The second-order valence-corrected chi connectivity index (χ2v) is 6.01. The van der Waals surface area contributed by atoms with Crippen molar-refractivity contribution in [2.75, 3.05) is 26.1 Å². The highest BCUT2D eigenvalue weighted by atomic mass is 16.5. The lowest BCUT2D eigenvalue weighted by atomic mass is 10.1. The molecule has 1 aromatic heterocycles. The highest BCUT2D eigenvalue weighted by Crippen LogP contribution is 2.27. The van der Waals surface area contributed by atoms with Crippen molar-refractivity contribution < 1.29 is 14.2 Å². The van der Waals surface area contributed by atoms with Gasteiger partial charge < -0.3 is 24.1 Å². The van der Waals surface area contributed by atoms with Crippen molar-refractivity contribution in [1.29, 1.82) is 0 Å². The summed E-state index contributed by atoms with van der Waals surface area (Å²) in [6.07, 6.45) is 1.86. The number of hydrogen-bond acceptors (Lipinski definition) is 5. The lowest BCUT2D eigenvalue weighted by Crippen LogP contribution is -2.07. The van der Waals surface area contributed by atoms with Crippen LogP contribution in [0.25, 0.3) is 11.3 Å². The summed E-state index contributed by atoms with van der Waals surface area (Å²) in [5.41, 5.74) is 3.15. The molecule has 0 fully saturated rings. The summed E-state index contributed by atoms with van der Waals surface area (Å²) in [7, 11) is 5.29. The predicted molar refractivity (Wildman–Crippen MR) is 107 cm³/mol. The first kappa shape index (κ1) is 18.6. The van der Waals surface area contributed by atoms with Gasteiger partial charge in [0.25, 0.3) is 0 Å². The Morgan fingerprint density at radius 2 is 1.74 bits per heavy atom. The lowest BCUT2D eigenvalue weighted by Gasteiger charge is -2.12. The van der Waals surface area contributed by atoms with Crippen molar-refractivity contribution in [3.05, 3.63) is 54.2 Å². The third-order valence-corrected chi connectivity index (χ3v) is 4.38. The fourth-order valence-corrected chi connectivity index (χ4v) is 2.90. The minimum atomic E-state index is 0.598. The normalized spacial score (nSPS) is 10.5. The molecule has 0 aliphatic carbocycles. The van der Waals surface area contributed by atoms with Crippen LogP contribution in [0.2, 0.25) is 0 Å². The fraction of sp³-hybridized carbons (Fsp3) is 0.286. The number of methoxy groups -OCH3 is 2. The maximum atomic E-state index is 5.50. The highest BCUT2D eigenvalue weighted by molar-refractivity contribution is 5.62. The molecule has 0 bridgehead atoms. The van der Waals surface area contributed by atoms with Crippen molar-refractivity contribution in [3.63, 3.8) is 0 Å². The molecule has 0 amide bonds. The molecule has 0 unspecified atom stereocenters. The van der Waals surface area contributed by atoms with Crippen LogP contribution in [0.3, 0.4) is 0 Å². The van der Waals surface area contributed by atoms with Gasteiger partial charge in [-0.3, -0.25) is 0 Å². The summed E-state index contributed by atoms with van der Waals surface area (Å²) >= 11 is 0. The topological polar surface area (TPSA) is 57.5 Å². The second kappa shape index (κ2) is 8.49. The number of rotatable bonds is 8. The Morgan fingerprint density at radius 3 is 2.41 bits per heavy atom. The monoisotopic (exact) mass is 367 g/mol. The number of aromatic nitrogens is 2. The smallest absolute Gasteiger partial charge is 0.203 e. The Hall–Kier alpha value is -3.15. The van der Waals surface area contributed by atoms with Crippen LogP contribution in [0.4, 0.5) is 5.95 Å². The molecule has 27 heavy (non-hydrogen) atoms. The second-order valence-electron chi connectivity index (χ2n) is 6.01. The third-order valence-electron chi connectivity index (χ3n) is 4.38. The largest absolute Gasteiger partial charge is 0.497 e. The molecule has 1 N–H and O–H groups in total. The number of hydrogen-bond donors (Lipinski definition) is 1. The Labute approximate surface area is 159 Å². The van der Waals surface area contributed by atoms with Gasteiger partial charge in [-0.2, -0.15) is 0 Å². The van der Waals surface area contributed by atoms with Crippen molar-refractivity contribution in [2.24, 2.45) is 7.05 Å². The molecule has 142 valence electrons. The minimum absolute atomic E-state index is 0.598. The van der Waals surface area contributed by atoms with Gasteiger partial charge >= 0.3 is 0 Å². The first-order valence-electron chi connectivity index (χ1n) is 8.86. The van der Waals surface area contributed by atoms with E-state index in [1.807, 2.05) is 67.2 Å². The number of ether oxygens (including phenoxy) is 3. The molecule has 0 saturated carbocycles. The summed E-state index contributed by atoms with van der Waals surface area (Å²) in [4.78, 5) is 4.51. The van der Waals surface area contributed by atoms with Gasteiger partial charge in [-0.15, -0.1) is 0 Å². The van der Waals surface area contributed by atoms with E-state index < -0.39 is 0 Å². The average Bonchev–Trinajstić information content (AvgIpc) is 3.07. The Bertz CT molecular complexity index is 888. The number of benzene rings is 2. The molecule has 0 atom stereocenters. The van der Waals surface area contributed by atoms with Crippen LogP contribution in [-0.4, -0.2) is 30.4 Å². The van der Waals surface area contributed by atoms with E-state index in [2.05, 4.69) is 10.3 Å². The van der Waals surface area contributed by atoms with Crippen molar-refractivity contribution >= 4 is 5.95 Å². The van der Waals surface area contributed by atoms with Crippen LogP contribution in [0.1, 0.15) is 12.5 Å². The van der Waals surface area contributed by atoms with Crippen LogP contribution < -0.4 is 19.5 Å². The number of nitrogens with one attached hydrogen (secondary N) is 1. The molecule has 3 rings (SSSR count). The van der Waals surface area contributed by atoms with Crippen molar-refractivity contribution in [3.8, 4) is 28.5 Å². The minimum Gasteiger partial charge on any atom is -0.497 e. The molecule has 0 spiro atoms. The SMILES string of the molecule is CCOc1ccc(-c2cnc(NCc3ccc(OC)cc3OC)n2C)cc1. The summed E-state index contributed by atoms with van der Waals surface area (Å²) in [6.45, 7) is 3.24. The number of nitrogens with zero attached hydrogens (tertiary/aromatic N) is 2. The van der Waals surface area contributed by atoms with Crippen LogP contribution in [0.15, 0.2) is 48.7 Å². The molecule has 1 heterocycles. The van der Waals surface area contributed by atoms with E-state index in [9.17, 15) is 0 Å². The quantitative estimate of drug-likeness (QED) is 0.649. The van der Waals surface area contributed by atoms with E-state index in [-0.39, 0.29) is 0 Å².